The van der Waals surface area contributed by atoms with Gasteiger partial charge in [-0.3, -0.25) is 10.1 Å². The van der Waals surface area contributed by atoms with Crippen LogP contribution >= 0.6 is 47.0 Å². The third-order valence-electron chi connectivity index (χ3n) is 3.92. The molecule has 0 saturated carbocycles. The lowest BCUT2D eigenvalue weighted by Crippen LogP contribution is -2.18. The molecule has 0 heterocycles. The van der Waals surface area contributed by atoms with Gasteiger partial charge in [-0.05, 0) is 84.2 Å². The molecule has 1 amide bonds. The summed E-state index contributed by atoms with van der Waals surface area (Å²) in [7, 11) is 0. The zero-order chi connectivity index (χ0) is 21.2. The Kier molecular flexibility index (Phi) is 9.95. The van der Waals surface area contributed by atoms with Crippen LogP contribution in [0.25, 0.3) is 0 Å². The summed E-state index contributed by atoms with van der Waals surface area (Å²) >= 11 is 7.59. The first-order valence-corrected chi connectivity index (χ1v) is 11.7. The number of phenols is 1. The lowest BCUT2D eigenvalue weighted by atomic mass is 10.0. The summed E-state index contributed by atoms with van der Waals surface area (Å²) < 4.78 is 11.5. The number of rotatable bonds is 9. The van der Waals surface area contributed by atoms with Gasteiger partial charge in [0.2, 0.25) is 0 Å². The Morgan fingerprint density at radius 1 is 1.24 bits per heavy atom. The number of amides is 1. The Morgan fingerprint density at radius 3 is 2.62 bits per heavy atom. The number of aromatic hydroxyl groups is 1. The topological polar surface area (TPSA) is 84.9 Å². The Morgan fingerprint density at radius 2 is 1.97 bits per heavy atom. The van der Waals surface area contributed by atoms with Crippen molar-refractivity contribution in [2.45, 2.75) is 23.8 Å². The summed E-state index contributed by atoms with van der Waals surface area (Å²) in [6.45, 7) is 0.182. The molecule has 0 unspecified atom stereocenters. The normalized spacial score (nSPS) is 11.6. The molecule has 0 radical (unpaired) electrons. The van der Waals surface area contributed by atoms with Gasteiger partial charge in [-0.15, -0.1) is 11.8 Å². The fourth-order valence-corrected chi connectivity index (χ4v) is 3.53. The van der Waals surface area contributed by atoms with Gasteiger partial charge >= 0.3 is 12.1 Å². The third kappa shape index (κ3) is 7.98. The van der Waals surface area contributed by atoms with Crippen molar-refractivity contribution in [3.63, 3.8) is 0 Å². The maximum Gasteiger partial charge on any atom is 0.412 e. The average Bonchev–Trinajstić information content (AvgIpc) is 2.72. The van der Waals surface area contributed by atoms with Gasteiger partial charge in [0.15, 0.2) is 0 Å². The predicted molar refractivity (Wildman–Crippen MR) is 126 cm³/mol. The van der Waals surface area contributed by atoms with Crippen molar-refractivity contribution in [3.05, 3.63) is 51.6 Å². The van der Waals surface area contributed by atoms with Crippen LogP contribution in [0.15, 0.2) is 47.4 Å². The van der Waals surface area contributed by atoms with Crippen LogP contribution in [0.5, 0.6) is 5.75 Å². The first-order valence-electron chi connectivity index (χ1n) is 8.79. The van der Waals surface area contributed by atoms with Gasteiger partial charge in [0.1, 0.15) is 11.9 Å². The second-order valence-electron chi connectivity index (χ2n) is 5.97. The fraction of sp³-hybridized carbons (Fsp3) is 0.300. The summed E-state index contributed by atoms with van der Waals surface area (Å²) in [4.78, 5) is 24.7. The minimum absolute atomic E-state index is 0.00926. The number of esters is 1. The highest BCUT2D eigenvalue weighted by atomic mass is 127. The molecule has 6 nitrogen and oxygen atoms in total. The molecule has 2 aromatic carbocycles. The lowest BCUT2D eigenvalue weighted by Gasteiger charge is -2.20. The van der Waals surface area contributed by atoms with Crippen molar-refractivity contribution < 1.29 is 24.2 Å². The Balaban J connectivity index is 2.05. The van der Waals surface area contributed by atoms with Crippen LogP contribution in [0, 0.1) is 3.57 Å². The van der Waals surface area contributed by atoms with Gasteiger partial charge < -0.3 is 14.6 Å². The summed E-state index contributed by atoms with van der Waals surface area (Å²) in [5.74, 6) is -0.357. The van der Waals surface area contributed by atoms with Crippen molar-refractivity contribution in [2.24, 2.45) is 0 Å². The molecule has 156 valence electrons. The van der Waals surface area contributed by atoms with E-state index in [0.29, 0.717) is 24.1 Å². The summed E-state index contributed by atoms with van der Waals surface area (Å²) in [5.41, 5.74) is 1.12. The van der Waals surface area contributed by atoms with E-state index in [2.05, 4.69) is 40.5 Å². The van der Waals surface area contributed by atoms with Gasteiger partial charge in [0.25, 0.3) is 0 Å². The van der Waals surface area contributed by atoms with E-state index in [1.54, 1.807) is 42.1 Å². The molecule has 2 rings (SSSR count). The Labute approximate surface area is 193 Å². The van der Waals surface area contributed by atoms with E-state index >= 15 is 0 Å². The van der Waals surface area contributed by atoms with E-state index in [0.717, 1.165) is 8.47 Å². The standard InChI is InChI=1S/C20H22INO5S2/c1-29-15-7-5-14(6-8-15)22-20(25)27-18(3-2-10-26-19(24)12-28)16-11-13(21)4-9-17(16)23/h4-9,11,18,23,28H,2-3,10,12H2,1H3,(H,22,25)/t18-/m0/s1. The van der Waals surface area contributed by atoms with E-state index < -0.39 is 18.2 Å². The SMILES string of the molecule is CSc1ccc(NC(=O)O[C@@H](CCCOC(=O)CS)c2cc(I)ccc2O)cc1. The number of benzene rings is 2. The highest BCUT2D eigenvalue weighted by molar-refractivity contribution is 14.1. The van der Waals surface area contributed by atoms with Gasteiger partial charge in [-0.1, -0.05) is 0 Å². The molecule has 0 aromatic heterocycles. The predicted octanol–water partition coefficient (Wildman–Crippen LogP) is 5.26. The van der Waals surface area contributed by atoms with Gasteiger partial charge in [0.05, 0.1) is 12.4 Å². The molecule has 0 spiro atoms. The third-order valence-corrected chi connectivity index (χ3v) is 5.60. The van der Waals surface area contributed by atoms with E-state index in [1.165, 1.54) is 0 Å². The van der Waals surface area contributed by atoms with Crippen molar-refractivity contribution in [1.29, 1.82) is 0 Å². The molecule has 0 bridgehead atoms. The monoisotopic (exact) mass is 547 g/mol. The molecule has 2 N–H and O–H groups in total. The van der Waals surface area contributed by atoms with Crippen LogP contribution in [0.3, 0.4) is 0 Å². The molecular weight excluding hydrogens is 525 g/mol. The van der Waals surface area contributed by atoms with Crippen molar-refractivity contribution in [3.8, 4) is 5.75 Å². The first kappa shape index (κ1) is 23.7. The number of ether oxygens (including phenoxy) is 2. The van der Waals surface area contributed by atoms with E-state index in [9.17, 15) is 14.7 Å². The van der Waals surface area contributed by atoms with E-state index in [-0.39, 0.29) is 18.1 Å². The maximum absolute atomic E-state index is 12.4. The Bertz CT molecular complexity index is 832. The van der Waals surface area contributed by atoms with Crippen LogP contribution in [0.1, 0.15) is 24.5 Å². The fourth-order valence-electron chi connectivity index (χ4n) is 2.51. The summed E-state index contributed by atoms with van der Waals surface area (Å²) in [6.07, 6.45) is 1.50. The molecule has 0 fully saturated rings. The van der Waals surface area contributed by atoms with Crippen molar-refractivity contribution >= 4 is 64.7 Å². The second kappa shape index (κ2) is 12.2. The summed E-state index contributed by atoms with van der Waals surface area (Å²) in [6, 6.07) is 12.5. The number of nitrogens with one attached hydrogen (secondary N) is 1. The van der Waals surface area contributed by atoms with Gasteiger partial charge in [-0.2, -0.15) is 12.6 Å². The number of anilines is 1. The quantitative estimate of drug-likeness (QED) is 0.131. The van der Waals surface area contributed by atoms with Crippen molar-refractivity contribution in [1.82, 2.24) is 0 Å². The molecule has 0 saturated heterocycles. The molecule has 29 heavy (non-hydrogen) atoms. The number of carbonyl (C=O) groups excluding carboxylic acids is 2. The van der Waals surface area contributed by atoms with Crippen LogP contribution in [-0.4, -0.2) is 35.8 Å². The number of hydrogen-bond acceptors (Lipinski definition) is 7. The maximum atomic E-state index is 12.4. The molecule has 9 heteroatoms. The van der Waals surface area contributed by atoms with Crippen LogP contribution < -0.4 is 5.32 Å². The van der Waals surface area contributed by atoms with Crippen LogP contribution in [0.4, 0.5) is 10.5 Å². The Hall–Kier alpha value is -1.59. The molecule has 1 atom stereocenters. The zero-order valence-corrected chi connectivity index (χ0v) is 19.6. The lowest BCUT2D eigenvalue weighted by molar-refractivity contribution is -0.140. The highest BCUT2D eigenvalue weighted by Gasteiger charge is 2.21. The molecule has 0 aliphatic heterocycles. The highest BCUT2D eigenvalue weighted by Crippen LogP contribution is 2.32. The summed E-state index contributed by atoms with van der Waals surface area (Å²) in [5, 5.41) is 12.9. The number of phenolic OH excluding ortho intramolecular Hbond substituents is 1. The number of hydrogen-bond donors (Lipinski definition) is 3. The second-order valence-corrected chi connectivity index (χ2v) is 8.41. The minimum atomic E-state index is -0.690. The minimum Gasteiger partial charge on any atom is -0.508 e. The average molecular weight is 547 g/mol. The van der Waals surface area contributed by atoms with Crippen LogP contribution in [0.2, 0.25) is 0 Å². The smallest absolute Gasteiger partial charge is 0.412 e. The van der Waals surface area contributed by atoms with Crippen LogP contribution in [-0.2, 0) is 14.3 Å². The molecule has 2 aromatic rings. The number of thiol groups is 1. The number of halogens is 1. The molecular formula is C20H22INO5S2. The number of thioether (sulfide) groups is 1. The zero-order valence-electron chi connectivity index (χ0n) is 15.8. The largest absolute Gasteiger partial charge is 0.508 e. The van der Waals surface area contributed by atoms with Gasteiger partial charge in [-0.25, -0.2) is 4.79 Å². The first-order chi connectivity index (χ1) is 13.9. The number of carbonyl (C=O) groups is 2. The molecule has 0 aliphatic carbocycles. The molecule has 0 aliphatic rings. The van der Waals surface area contributed by atoms with E-state index in [1.807, 2.05) is 18.4 Å². The van der Waals surface area contributed by atoms with E-state index in [4.69, 9.17) is 9.47 Å². The van der Waals surface area contributed by atoms with Crippen molar-refractivity contribution in [2.75, 3.05) is 23.9 Å². The van der Waals surface area contributed by atoms with Gasteiger partial charge in [0, 0.05) is 19.7 Å².